The lowest BCUT2D eigenvalue weighted by atomic mass is 10.0. The molecular weight excluding hydrogens is 434 g/mol. The van der Waals surface area contributed by atoms with Crippen molar-refractivity contribution in [2.24, 2.45) is 5.73 Å². The van der Waals surface area contributed by atoms with Crippen molar-refractivity contribution in [3.05, 3.63) is 65.0 Å². The summed E-state index contributed by atoms with van der Waals surface area (Å²) < 4.78 is 8.12. The van der Waals surface area contributed by atoms with Gasteiger partial charge in [-0.2, -0.15) is 0 Å². The Morgan fingerprint density at radius 3 is 2.37 bits per heavy atom. The molecule has 0 amide bonds. The van der Waals surface area contributed by atoms with E-state index in [0.717, 1.165) is 53.4 Å². The molecule has 1 atom stereocenters. The Labute approximate surface area is 208 Å². The normalized spacial score (nSPS) is 13.1. The zero-order valence-corrected chi connectivity index (χ0v) is 21.8. The first kappa shape index (κ1) is 25.1. The van der Waals surface area contributed by atoms with Gasteiger partial charge in [-0.1, -0.05) is 56.7 Å². The Morgan fingerprint density at radius 1 is 1.03 bits per heavy atom. The van der Waals surface area contributed by atoms with Crippen molar-refractivity contribution in [3.8, 4) is 0 Å². The average molecular weight is 474 g/mol. The van der Waals surface area contributed by atoms with Crippen molar-refractivity contribution in [1.82, 2.24) is 14.5 Å². The van der Waals surface area contributed by atoms with Gasteiger partial charge in [-0.25, -0.2) is 9.97 Å². The third kappa shape index (κ3) is 5.34. The monoisotopic (exact) mass is 473 g/mol. The van der Waals surface area contributed by atoms with E-state index in [-0.39, 0.29) is 5.60 Å². The van der Waals surface area contributed by atoms with Crippen LogP contribution in [0.15, 0.2) is 42.5 Å². The van der Waals surface area contributed by atoms with Crippen molar-refractivity contribution in [2.45, 2.75) is 71.4 Å². The van der Waals surface area contributed by atoms with Crippen LogP contribution in [0.4, 0.5) is 5.82 Å². The molecule has 0 bridgehead atoms. The molecule has 6 nitrogen and oxygen atoms in total. The maximum absolute atomic E-state index is 6.49. The molecule has 0 saturated carbocycles. The predicted octanol–water partition coefficient (Wildman–Crippen LogP) is 5.59. The number of nitrogen functional groups attached to an aromatic ring is 1. The van der Waals surface area contributed by atoms with Gasteiger partial charge >= 0.3 is 0 Å². The zero-order chi connectivity index (χ0) is 25.2. The SMILES string of the molecule is CCCC(C)c1nc2c(N)nc3cc(Cc4ccc(CCN)cc4)ccc3c2n1CC(C)(C)OC. The highest BCUT2D eigenvalue weighted by Gasteiger charge is 2.26. The molecule has 0 saturated heterocycles. The topological polar surface area (TPSA) is 92.0 Å². The van der Waals surface area contributed by atoms with E-state index in [1.807, 2.05) is 0 Å². The standard InChI is InChI=1S/C29H39N5O/c1-6-7-19(2)28-33-25-26(34(28)18-29(3,4)35-5)23-13-12-22(17-24(23)32-27(25)31)16-21-10-8-20(9-11-21)14-15-30/h8-13,17,19H,6-7,14-16,18,30H2,1-5H3,(H2,31,32). The fourth-order valence-corrected chi connectivity index (χ4v) is 4.85. The number of imidazole rings is 1. The summed E-state index contributed by atoms with van der Waals surface area (Å²) in [6, 6.07) is 15.2. The number of pyridine rings is 1. The van der Waals surface area contributed by atoms with Crippen LogP contribution in [-0.4, -0.2) is 33.8 Å². The molecule has 1 unspecified atom stereocenters. The Kier molecular flexibility index (Phi) is 7.43. The van der Waals surface area contributed by atoms with Crippen LogP contribution >= 0.6 is 0 Å². The third-order valence-electron chi connectivity index (χ3n) is 6.92. The summed E-state index contributed by atoms with van der Waals surface area (Å²) in [4.78, 5) is 9.80. The minimum Gasteiger partial charge on any atom is -0.382 e. The van der Waals surface area contributed by atoms with Crippen LogP contribution < -0.4 is 11.5 Å². The second kappa shape index (κ2) is 10.3. The highest BCUT2D eigenvalue weighted by molar-refractivity contribution is 6.06. The maximum Gasteiger partial charge on any atom is 0.152 e. The van der Waals surface area contributed by atoms with Crippen molar-refractivity contribution in [1.29, 1.82) is 0 Å². The fraction of sp³-hybridized carbons (Fsp3) is 0.448. The van der Waals surface area contributed by atoms with Crippen molar-refractivity contribution in [2.75, 3.05) is 19.4 Å². The van der Waals surface area contributed by atoms with Gasteiger partial charge in [-0.3, -0.25) is 0 Å². The molecule has 0 aliphatic rings. The summed E-state index contributed by atoms with van der Waals surface area (Å²) in [6.07, 6.45) is 3.91. The second-order valence-electron chi connectivity index (χ2n) is 10.3. The number of anilines is 1. The van der Waals surface area contributed by atoms with E-state index in [1.54, 1.807) is 7.11 Å². The van der Waals surface area contributed by atoms with E-state index in [1.165, 1.54) is 16.7 Å². The van der Waals surface area contributed by atoms with E-state index in [4.69, 9.17) is 26.2 Å². The minimum atomic E-state index is -0.339. The molecule has 2 aromatic carbocycles. The molecule has 2 heterocycles. The average Bonchev–Trinajstić information content (AvgIpc) is 3.20. The van der Waals surface area contributed by atoms with Crippen LogP contribution in [0.3, 0.4) is 0 Å². The lowest BCUT2D eigenvalue weighted by Crippen LogP contribution is -2.30. The van der Waals surface area contributed by atoms with Crippen LogP contribution in [0.25, 0.3) is 21.9 Å². The van der Waals surface area contributed by atoms with Crippen LogP contribution in [0.2, 0.25) is 0 Å². The number of hydrogen-bond acceptors (Lipinski definition) is 5. The Bertz CT molecular complexity index is 1310. The van der Waals surface area contributed by atoms with Crippen LogP contribution in [-0.2, 0) is 24.1 Å². The van der Waals surface area contributed by atoms with Gasteiger partial charge in [-0.15, -0.1) is 0 Å². The molecule has 35 heavy (non-hydrogen) atoms. The van der Waals surface area contributed by atoms with Gasteiger partial charge in [0.25, 0.3) is 0 Å². The fourth-order valence-electron chi connectivity index (χ4n) is 4.85. The second-order valence-corrected chi connectivity index (χ2v) is 10.3. The number of methoxy groups -OCH3 is 1. The summed E-state index contributed by atoms with van der Waals surface area (Å²) >= 11 is 0. The first-order valence-corrected chi connectivity index (χ1v) is 12.7. The van der Waals surface area contributed by atoms with E-state index in [0.29, 0.717) is 24.8 Å². The number of nitrogens with zero attached hydrogens (tertiary/aromatic N) is 3. The van der Waals surface area contributed by atoms with Crippen molar-refractivity contribution >= 4 is 27.8 Å². The third-order valence-corrected chi connectivity index (χ3v) is 6.92. The summed E-state index contributed by atoms with van der Waals surface area (Å²) in [5.41, 5.74) is 18.3. The summed E-state index contributed by atoms with van der Waals surface area (Å²) in [6.45, 7) is 10.0. The molecule has 0 fully saturated rings. The largest absolute Gasteiger partial charge is 0.382 e. The molecule has 6 heteroatoms. The molecule has 2 aromatic heterocycles. The van der Waals surface area contributed by atoms with Crippen LogP contribution in [0.5, 0.6) is 0 Å². The lowest BCUT2D eigenvalue weighted by molar-refractivity contribution is 0.00827. The molecule has 186 valence electrons. The zero-order valence-electron chi connectivity index (χ0n) is 21.8. The molecule has 0 spiro atoms. The maximum atomic E-state index is 6.49. The van der Waals surface area contributed by atoms with Gasteiger partial charge in [-0.05, 0) is 62.4 Å². The van der Waals surface area contributed by atoms with Gasteiger partial charge in [0.05, 0.1) is 23.2 Å². The number of hydrogen-bond donors (Lipinski definition) is 2. The van der Waals surface area contributed by atoms with Gasteiger partial charge in [0, 0.05) is 18.4 Å². The number of aromatic nitrogens is 3. The van der Waals surface area contributed by atoms with E-state index in [9.17, 15) is 0 Å². The Balaban J connectivity index is 1.81. The predicted molar refractivity (Wildman–Crippen MR) is 146 cm³/mol. The molecule has 0 radical (unpaired) electrons. The quantitative estimate of drug-likeness (QED) is 0.313. The van der Waals surface area contributed by atoms with E-state index < -0.39 is 0 Å². The molecule has 4 N–H and O–H groups in total. The summed E-state index contributed by atoms with van der Waals surface area (Å²) in [5.74, 6) is 1.85. The first-order chi connectivity index (χ1) is 16.8. The smallest absolute Gasteiger partial charge is 0.152 e. The molecule has 4 aromatic rings. The number of benzene rings is 2. The van der Waals surface area contributed by atoms with Crippen molar-refractivity contribution < 1.29 is 4.74 Å². The summed E-state index contributed by atoms with van der Waals surface area (Å²) in [7, 11) is 1.76. The van der Waals surface area contributed by atoms with Gasteiger partial charge in [0.1, 0.15) is 11.3 Å². The number of rotatable bonds is 10. The lowest BCUT2D eigenvalue weighted by Gasteiger charge is -2.26. The molecular formula is C29H39N5O. The highest BCUT2D eigenvalue weighted by Crippen LogP contribution is 2.34. The minimum absolute atomic E-state index is 0.316. The summed E-state index contributed by atoms with van der Waals surface area (Å²) in [5, 5.41) is 1.07. The highest BCUT2D eigenvalue weighted by atomic mass is 16.5. The molecule has 0 aliphatic carbocycles. The van der Waals surface area contributed by atoms with Crippen LogP contribution in [0.1, 0.15) is 69.0 Å². The number of nitrogens with two attached hydrogens (primary N) is 2. The van der Waals surface area contributed by atoms with E-state index in [2.05, 4.69) is 74.7 Å². The van der Waals surface area contributed by atoms with Crippen LogP contribution in [0, 0.1) is 0 Å². The number of ether oxygens (including phenoxy) is 1. The number of fused-ring (bicyclic) bond motifs is 3. The molecule has 0 aliphatic heterocycles. The van der Waals surface area contributed by atoms with Crippen molar-refractivity contribution in [3.63, 3.8) is 0 Å². The molecule has 4 rings (SSSR count). The Hall–Kier alpha value is -2.96. The van der Waals surface area contributed by atoms with E-state index >= 15 is 0 Å². The van der Waals surface area contributed by atoms with Gasteiger partial charge in [0.2, 0.25) is 0 Å². The van der Waals surface area contributed by atoms with Gasteiger partial charge in [0.15, 0.2) is 5.82 Å². The van der Waals surface area contributed by atoms with Gasteiger partial charge < -0.3 is 20.8 Å². The Morgan fingerprint density at radius 2 is 1.71 bits per heavy atom. The first-order valence-electron chi connectivity index (χ1n) is 12.7.